The molecule has 15 heavy (non-hydrogen) atoms. The highest BCUT2D eigenvalue weighted by Crippen LogP contribution is 2.17. The zero-order valence-electron chi connectivity index (χ0n) is 10.3. The lowest BCUT2D eigenvalue weighted by Crippen LogP contribution is -2.43. The maximum Gasteiger partial charge on any atom is 0.0578 e. The molecule has 2 N–H and O–H groups in total. The lowest BCUT2D eigenvalue weighted by Gasteiger charge is -2.31. The van der Waals surface area contributed by atoms with Gasteiger partial charge in [0.1, 0.15) is 0 Å². The van der Waals surface area contributed by atoms with Crippen LogP contribution in [-0.2, 0) is 14.2 Å². The third kappa shape index (κ3) is 6.10. The van der Waals surface area contributed by atoms with Gasteiger partial charge in [0, 0.05) is 26.4 Å². The SMILES string of the molecule is CCOCC(CN)(COCC)COCC. The Morgan fingerprint density at radius 2 is 1.13 bits per heavy atom. The molecule has 0 fully saturated rings. The van der Waals surface area contributed by atoms with Crippen molar-refractivity contribution >= 4 is 0 Å². The molecule has 0 aliphatic carbocycles. The monoisotopic (exact) mass is 219 g/mol. The fourth-order valence-electron chi connectivity index (χ4n) is 1.26. The Morgan fingerprint density at radius 1 is 0.800 bits per heavy atom. The van der Waals surface area contributed by atoms with E-state index in [0.717, 1.165) is 0 Å². The second kappa shape index (κ2) is 9.09. The molecule has 0 amide bonds. The van der Waals surface area contributed by atoms with Crippen LogP contribution in [0.2, 0.25) is 0 Å². The van der Waals surface area contributed by atoms with Gasteiger partial charge in [-0.2, -0.15) is 0 Å². The summed E-state index contributed by atoms with van der Waals surface area (Å²) in [5.74, 6) is 0. The van der Waals surface area contributed by atoms with Gasteiger partial charge >= 0.3 is 0 Å². The van der Waals surface area contributed by atoms with Gasteiger partial charge in [-0.1, -0.05) is 0 Å². The van der Waals surface area contributed by atoms with Crippen molar-refractivity contribution in [1.82, 2.24) is 0 Å². The standard InChI is InChI=1S/C11H25NO3/c1-4-13-8-11(7-12,9-14-5-2)10-15-6-3/h4-10,12H2,1-3H3. The number of hydrogen-bond donors (Lipinski definition) is 1. The van der Waals surface area contributed by atoms with Crippen molar-refractivity contribution in [2.24, 2.45) is 11.1 Å². The van der Waals surface area contributed by atoms with Gasteiger partial charge in [0.05, 0.1) is 25.2 Å². The Labute approximate surface area is 93.1 Å². The van der Waals surface area contributed by atoms with E-state index in [2.05, 4.69) is 0 Å². The van der Waals surface area contributed by atoms with Crippen molar-refractivity contribution < 1.29 is 14.2 Å². The van der Waals surface area contributed by atoms with Crippen LogP contribution in [0.3, 0.4) is 0 Å². The normalized spacial score (nSPS) is 12.0. The van der Waals surface area contributed by atoms with Crippen molar-refractivity contribution in [1.29, 1.82) is 0 Å². The third-order valence-electron chi connectivity index (χ3n) is 2.27. The van der Waals surface area contributed by atoms with Gasteiger partial charge in [-0.05, 0) is 20.8 Å². The highest BCUT2D eigenvalue weighted by Gasteiger charge is 2.29. The van der Waals surface area contributed by atoms with Crippen molar-refractivity contribution in [2.45, 2.75) is 20.8 Å². The predicted octanol–water partition coefficient (Wildman–Crippen LogP) is 1.04. The first-order chi connectivity index (χ1) is 7.24. The molecule has 0 spiro atoms. The summed E-state index contributed by atoms with van der Waals surface area (Å²) in [6.07, 6.45) is 0. The second-order valence-electron chi connectivity index (χ2n) is 3.62. The van der Waals surface area contributed by atoms with Crippen LogP contribution in [-0.4, -0.2) is 46.2 Å². The maximum absolute atomic E-state index is 5.79. The molecule has 0 radical (unpaired) electrons. The summed E-state index contributed by atoms with van der Waals surface area (Å²) in [5.41, 5.74) is 5.60. The minimum Gasteiger partial charge on any atom is -0.381 e. The van der Waals surface area contributed by atoms with E-state index in [1.54, 1.807) is 0 Å². The molecule has 0 aromatic rings. The Hall–Kier alpha value is -0.160. The van der Waals surface area contributed by atoms with E-state index in [9.17, 15) is 0 Å². The van der Waals surface area contributed by atoms with Gasteiger partial charge in [0.2, 0.25) is 0 Å². The van der Waals surface area contributed by atoms with Crippen LogP contribution in [0.15, 0.2) is 0 Å². The molecule has 0 aliphatic rings. The second-order valence-corrected chi connectivity index (χ2v) is 3.62. The first-order valence-electron chi connectivity index (χ1n) is 5.68. The molecule has 0 aromatic heterocycles. The van der Waals surface area contributed by atoms with Gasteiger partial charge in [0.25, 0.3) is 0 Å². The Balaban J connectivity index is 4.16. The third-order valence-corrected chi connectivity index (χ3v) is 2.27. The zero-order valence-corrected chi connectivity index (χ0v) is 10.3. The average Bonchev–Trinajstić information content (AvgIpc) is 2.29. The molecular weight excluding hydrogens is 194 g/mol. The van der Waals surface area contributed by atoms with E-state index in [1.807, 2.05) is 20.8 Å². The number of hydrogen-bond acceptors (Lipinski definition) is 4. The minimum absolute atomic E-state index is 0.192. The smallest absolute Gasteiger partial charge is 0.0578 e. The van der Waals surface area contributed by atoms with Crippen LogP contribution >= 0.6 is 0 Å². The van der Waals surface area contributed by atoms with Crippen LogP contribution in [0, 0.1) is 5.41 Å². The lowest BCUT2D eigenvalue weighted by molar-refractivity contribution is -0.0588. The number of nitrogens with two attached hydrogens (primary N) is 1. The van der Waals surface area contributed by atoms with Gasteiger partial charge in [-0.25, -0.2) is 0 Å². The topological polar surface area (TPSA) is 53.7 Å². The molecule has 0 saturated heterocycles. The van der Waals surface area contributed by atoms with Crippen molar-refractivity contribution in [3.8, 4) is 0 Å². The molecular formula is C11H25NO3. The first kappa shape index (κ1) is 14.8. The minimum atomic E-state index is -0.192. The summed E-state index contributed by atoms with van der Waals surface area (Å²) in [7, 11) is 0. The Kier molecular flexibility index (Phi) is 9.00. The summed E-state index contributed by atoms with van der Waals surface area (Å²) < 4.78 is 16.3. The molecule has 0 saturated carbocycles. The highest BCUT2D eigenvalue weighted by atomic mass is 16.5. The van der Waals surface area contributed by atoms with Crippen LogP contribution in [0.25, 0.3) is 0 Å². The van der Waals surface area contributed by atoms with E-state index < -0.39 is 0 Å². The van der Waals surface area contributed by atoms with Crippen LogP contribution < -0.4 is 5.73 Å². The maximum atomic E-state index is 5.79. The summed E-state index contributed by atoms with van der Waals surface area (Å²) in [4.78, 5) is 0. The van der Waals surface area contributed by atoms with Crippen molar-refractivity contribution in [3.63, 3.8) is 0 Å². The van der Waals surface area contributed by atoms with E-state index in [0.29, 0.717) is 46.2 Å². The molecule has 0 heterocycles. The summed E-state index contributed by atoms with van der Waals surface area (Å²) >= 11 is 0. The Morgan fingerprint density at radius 3 is 1.33 bits per heavy atom. The fourth-order valence-corrected chi connectivity index (χ4v) is 1.26. The van der Waals surface area contributed by atoms with Crippen LogP contribution in [0.1, 0.15) is 20.8 Å². The lowest BCUT2D eigenvalue weighted by atomic mass is 9.91. The van der Waals surface area contributed by atoms with Crippen LogP contribution in [0.4, 0.5) is 0 Å². The first-order valence-corrected chi connectivity index (χ1v) is 5.68. The van der Waals surface area contributed by atoms with Crippen molar-refractivity contribution in [3.05, 3.63) is 0 Å². The molecule has 4 heteroatoms. The van der Waals surface area contributed by atoms with E-state index in [1.165, 1.54) is 0 Å². The largest absolute Gasteiger partial charge is 0.381 e. The molecule has 4 nitrogen and oxygen atoms in total. The van der Waals surface area contributed by atoms with E-state index in [4.69, 9.17) is 19.9 Å². The van der Waals surface area contributed by atoms with E-state index >= 15 is 0 Å². The van der Waals surface area contributed by atoms with Gasteiger partial charge in [-0.3, -0.25) is 0 Å². The van der Waals surface area contributed by atoms with Crippen molar-refractivity contribution in [2.75, 3.05) is 46.2 Å². The molecule has 0 atom stereocenters. The predicted molar refractivity (Wildman–Crippen MR) is 61.0 cm³/mol. The highest BCUT2D eigenvalue weighted by molar-refractivity contribution is 4.80. The van der Waals surface area contributed by atoms with E-state index in [-0.39, 0.29) is 5.41 Å². The number of ether oxygens (including phenoxy) is 3. The summed E-state index contributed by atoms with van der Waals surface area (Å²) in [5, 5.41) is 0. The van der Waals surface area contributed by atoms with Gasteiger partial charge in [0.15, 0.2) is 0 Å². The zero-order chi connectivity index (χ0) is 11.6. The average molecular weight is 219 g/mol. The molecule has 0 aliphatic heterocycles. The fraction of sp³-hybridized carbons (Fsp3) is 1.00. The molecule has 0 bridgehead atoms. The Bertz CT molecular complexity index is 120. The molecule has 92 valence electrons. The molecule has 0 unspecified atom stereocenters. The van der Waals surface area contributed by atoms with Gasteiger partial charge < -0.3 is 19.9 Å². The van der Waals surface area contributed by atoms with Gasteiger partial charge in [-0.15, -0.1) is 0 Å². The van der Waals surface area contributed by atoms with Crippen LogP contribution in [0.5, 0.6) is 0 Å². The molecule has 0 rings (SSSR count). The molecule has 0 aromatic carbocycles. The summed E-state index contributed by atoms with van der Waals surface area (Å²) in [6.45, 7) is 10.3. The number of rotatable bonds is 10. The summed E-state index contributed by atoms with van der Waals surface area (Å²) in [6, 6.07) is 0. The quantitative estimate of drug-likeness (QED) is 0.596.